The number of aliphatic hydroxyl groups excluding tert-OH is 3. The van der Waals surface area contributed by atoms with Gasteiger partial charge in [-0.2, -0.15) is 0 Å². The highest BCUT2D eigenvalue weighted by atomic mass is 16.7. The van der Waals surface area contributed by atoms with E-state index in [9.17, 15) is 30.4 Å². The lowest BCUT2D eigenvalue weighted by molar-refractivity contribution is -0.390. The molecule has 0 radical (unpaired) electrons. The van der Waals surface area contributed by atoms with Crippen LogP contribution < -0.4 is 4.74 Å². The molecule has 2 rings (SSSR count). The third-order valence-electron chi connectivity index (χ3n) is 3.09. The number of nitrogens with zero attached hydrogens (tertiary/aromatic N) is 2. The van der Waals surface area contributed by atoms with Crippen LogP contribution in [0.2, 0.25) is 0 Å². The Morgan fingerprint density at radius 1 is 1.18 bits per heavy atom. The van der Waals surface area contributed by atoms with E-state index in [2.05, 4.69) is 0 Å². The first-order valence-corrected chi connectivity index (χ1v) is 6.07. The Bertz CT molecular complexity index is 593. The molecule has 22 heavy (non-hydrogen) atoms. The van der Waals surface area contributed by atoms with Crippen LogP contribution in [0.15, 0.2) is 18.2 Å². The molecule has 11 nitrogen and oxygen atoms in total. The lowest BCUT2D eigenvalue weighted by atomic mass is 10.1. The molecule has 120 valence electrons. The Hall–Kier alpha value is -2.34. The molecule has 1 heterocycles. The van der Waals surface area contributed by atoms with Crippen molar-refractivity contribution < 1.29 is 34.6 Å². The Morgan fingerprint density at radius 2 is 1.86 bits per heavy atom. The minimum absolute atomic E-state index is 0.452. The highest BCUT2D eigenvalue weighted by Crippen LogP contribution is 2.34. The van der Waals surface area contributed by atoms with Gasteiger partial charge in [-0.05, 0) is 0 Å². The zero-order chi connectivity index (χ0) is 16.4. The Balaban J connectivity index is 2.30. The molecule has 1 saturated heterocycles. The first-order chi connectivity index (χ1) is 10.3. The minimum Gasteiger partial charge on any atom is -0.454 e. The average Bonchev–Trinajstić information content (AvgIpc) is 2.74. The molecule has 1 aliphatic rings. The third kappa shape index (κ3) is 2.96. The maximum absolute atomic E-state index is 10.9. The number of benzene rings is 1. The second kappa shape index (κ2) is 6.19. The van der Waals surface area contributed by atoms with Crippen LogP contribution in [0.4, 0.5) is 11.4 Å². The number of rotatable bonds is 5. The average molecular weight is 316 g/mol. The summed E-state index contributed by atoms with van der Waals surface area (Å²) < 4.78 is 10.1. The van der Waals surface area contributed by atoms with Gasteiger partial charge in [-0.3, -0.25) is 20.2 Å². The van der Waals surface area contributed by atoms with Gasteiger partial charge >= 0.3 is 5.69 Å². The highest BCUT2D eigenvalue weighted by molar-refractivity contribution is 5.53. The molecule has 0 bridgehead atoms. The molecule has 0 spiro atoms. The number of nitro benzene ring substituents is 2. The second-order valence-electron chi connectivity index (χ2n) is 4.49. The molecule has 0 unspecified atom stereocenters. The Labute approximate surface area is 122 Å². The van der Waals surface area contributed by atoms with Crippen molar-refractivity contribution in [2.24, 2.45) is 0 Å². The van der Waals surface area contributed by atoms with Crippen molar-refractivity contribution >= 4 is 11.4 Å². The summed E-state index contributed by atoms with van der Waals surface area (Å²) in [6.07, 6.45) is -5.66. The van der Waals surface area contributed by atoms with E-state index in [1.807, 2.05) is 0 Å². The molecule has 1 aromatic rings. The van der Waals surface area contributed by atoms with Crippen LogP contribution >= 0.6 is 0 Å². The molecule has 4 atom stereocenters. The molecule has 0 aromatic heterocycles. The van der Waals surface area contributed by atoms with E-state index in [-0.39, 0.29) is 0 Å². The van der Waals surface area contributed by atoms with Gasteiger partial charge in [-0.15, -0.1) is 0 Å². The summed E-state index contributed by atoms with van der Waals surface area (Å²) in [5.41, 5.74) is -1.02. The first-order valence-electron chi connectivity index (χ1n) is 6.07. The van der Waals surface area contributed by atoms with Crippen molar-refractivity contribution in [2.75, 3.05) is 6.61 Å². The van der Waals surface area contributed by atoms with Crippen LogP contribution in [0.5, 0.6) is 5.75 Å². The van der Waals surface area contributed by atoms with Crippen molar-refractivity contribution in [3.05, 3.63) is 38.4 Å². The molecule has 3 N–H and O–H groups in total. The van der Waals surface area contributed by atoms with Crippen molar-refractivity contribution in [1.82, 2.24) is 0 Å². The molecule has 1 aromatic carbocycles. The van der Waals surface area contributed by atoms with Gasteiger partial charge in [0.15, 0.2) is 0 Å². The van der Waals surface area contributed by atoms with Crippen LogP contribution in [-0.4, -0.2) is 56.4 Å². The van der Waals surface area contributed by atoms with Crippen molar-refractivity contribution in [1.29, 1.82) is 0 Å². The second-order valence-corrected chi connectivity index (χ2v) is 4.49. The van der Waals surface area contributed by atoms with Crippen molar-refractivity contribution in [3.8, 4) is 5.75 Å². The maximum Gasteiger partial charge on any atom is 0.311 e. The van der Waals surface area contributed by atoms with E-state index in [1.165, 1.54) is 0 Å². The quantitative estimate of drug-likeness (QED) is 0.471. The zero-order valence-corrected chi connectivity index (χ0v) is 10.9. The maximum atomic E-state index is 10.9. The van der Waals surface area contributed by atoms with Gasteiger partial charge in [-0.25, -0.2) is 0 Å². The van der Waals surface area contributed by atoms with Gasteiger partial charge in [-0.1, -0.05) is 0 Å². The van der Waals surface area contributed by atoms with Gasteiger partial charge in [0.2, 0.25) is 12.0 Å². The largest absolute Gasteiger partial charge is 0.454 e. The minimum atomic E-state index is -1.57. The fraction of sp³-hybridized carbons (Fsp3) is 0.455. The monoisotopic (exact) mass is 316 g/mol. The Kier molecular flexibility index (Phi) is 4.51. The summed E-state index contributed by atoms with van der Waals surface area (Å²) in [5, 5.41) is 49.9. The fourth-order valence-corrected chi connectivity index (χ4v) is 1.95. The number of ether oxygens (including phenoxy) is 2. The van der Waals surface area contributed by atoms with Crippen molar-refractivity contribution in [3.63, 3.8) is 0 Å². The molecule has 0 saturated carbocycles. The van der Waals surface area contributed by atoms with E-state index in [0.717, 1.165) is 18.2 Å². The van der Waals surface area contributed by atoms with Crippen molar-refractivity contribution in [2.45, 2.75) is 24.6 Å². The predicted molar refractivity (Wildman–Crippen MR) is 68.1 cm³/mol. The van der Waals surface area contributed by atoms with Crippen LogP contribution in [0.3, 0.4) is 0 Å². The zero-order valence-electron chi connectivity index (χ0n) is 10.9. The molecule has 1 aliphatic heterocycles. The van der Waals surface area contributed by atoms with Gasteiger partial charge in [0.05, 0.1) is 22.5 Å². The number of nitro groups is 2. The summed E-state index contributed by atoms with van der Waals surface area (Å²) in [5.74, 6) is -0.492. The molecule has 0 amide bonds. The third-order valence-corrected chi connectivity index (χ3v) is 3.09. The first kappa shape index (κ1) is 16.0. The summed E-state index contributed by atoms with van der Waals surface area (Å²) in [6, 6.07) is 2.63. The van der Waals surface area contributed by atoms with Gasteiger partial charge < -0.3 is 24.8 Å². The molecule has 11 heteroatoms. The number of hydrogen-bond acceptors (Lipinski definition) is 9. The number of hydrogen-bond donors (Lipinski definition) is 3. The van der Waals surface area contributed by atoms with Gasteiger partial charge in [0.1, 0.15) is 18.3 Å². The predicted octanol–water partition coefficient (Wildman–Crippen LogP) is -0.679. The van der Waals surface area contributed by atoms with E-state index in [0.29, 0.717) is 0 Å². The van der Waals surface area contributed by atoms with Gasteiger partial charge in [0.25, 0.3) is 5.69 Å². The van der Waals surface area contributed by atoms with E-state index in [4.69, 9.17) is 14.6 Å². The van der Waals surface area contributed by atoms with Gasteiger partial charge in [0, 0.05) is 12.1 Å². The van der Waals surface area contributed by atoms with Crippen LogP contribution in [0.25, 0.3) is 0 Å². The number of aliphatic hydroxyl groups is 3. The smallest absolute Gasteiger partial charge is 0.311 e. The SMILES string of the molecule is O=[N+]([O-])c1ccc([N+](=O)[O-])c(O[C@@H]2O[C@H](CO)[C@H](O)[C@H]2O)c1. The Morgan fingerprint density at radius 3 is 2.36 bits per heavy atom. The lowest BCUT2D eigenvalue weighted by Gasteiger charge is -2.16. The summed E-state index contributed by atoms with van der Waals surface area (Å²) >= 11 is 0. The van der Waals surface area contributed by atoms with Crippen LogP contribution in [0.1, 0.15) is 0 Å². The normalized spacial score (nSPS) is 27.6. The van der Waals surface area contributed by atoms with Crippen LogP contribution in [-0.2, 0) is 4.74 Å². The molecular weight excluding hydrogens is 304 g/mol. The molecule has 0 aliphatic carbocycles. The summed E-state index contributed by atoms with van der Waals surface area (Å²) in [4.78, 5) is 20.0. The topological polar surface area (TPSA) is 165 Å². The molecule has 1 fully saturated rings. The molecular formula is C11H12N2O9. The fourth-order valence-electron chi connectivity index (χ4n) is 1.95. The summed E-state index contributed by atoms with van der Waals surface area (Å²) in [6.45, 7) is -0.602. The lowest BCUT2D eigenvalue weighted by Crippen LogP contribution is -2.35. The van der Waals surface area contributed by atoms with E-state index < -0.39 is 58.2 Å². The number of non-ortho nitro benzene ring substituents is 1. The van der Waals surface area contributed by atoms with E-state index >= 15 is 0 Å². The highest BCUT2D eigenvalue weighted by Gasteiger charge is 2.44. The standard InChI is InChI=1S/C11H12N2O9/c14-4-8-9(15)10(16)11(22-8)21-7-3-5(12(17)18)1-2-6(7)13(19)20/h1-3,8-11,14-16H,4H2/t8-,9+,10-,11-/m1/s1. The van der Waals surface area contributed by atoms with E-state index in [1.54, 1.807) is 0 Å². The summed E-state index contributed by atoms with van der Waals surface area (Å²) in [7, 11) is 0. The van der Waals surface area contributed by atoms with Crippen LogP contribution in [0, 0.1) is 20.2 Å².